The summed E-state index contributed by atoms with van der Waals surface area (Å²) in [5.74, 6) is 0.864. The monoisotopic (exact) mass is 402 g/mol. The Hall–Kier alpha value is -4.19. The average Bonchev–Trinajstić information content (AvgIpc) is 3.34. The summed E-state index contributed by atoms with van der Waals surface area (Å²) < 4.78 is 27.9. The Labute approximate surface area is 170 Å². The van der Waals surface area contributed by atoms with Crippen molar-refractivity contribution in [2.45, 2.75) is 13.0 Å². The van der Waals surface area contributed by atoms with E-state index in [0.29, 0.717) is 29.3 Å². The van der Waals surface area contributed by atoms with E-state index in [1.807, 2.05) is 22.8 Å². The zero-order chi connectivity index (χ0) is 20.7. The van der Waals surface area contributed by atoms with Crippen molar-refractivity contribution in [1.29, 1.82) is 5.26 Å². The Morgan fingerprint density at radius 2 is 1.90 bits per heavy atom. The Kier molecular flexibility index (Phi) is 4.17. The second-order valence-corrected chi connectivity index (χ2v) is 6.69. The Bertz CT molecular complexity index is 1290. The number of rotatable bonds is 4. The standard InChI is InChI=1S/C21H15FN6O2/c1-29-15-6-7-18-21(8-15)28-20(9-19-16(10-23)24-12-27(18)19)17(25-26-28)11-30-14-4-2-13(22)3-5-14/h2-8,12H,9,11H2,1H3. The number of fused-ring (bicyclic) bond motifs is 5. The van der Waals surface area contributed by atoms with Gasteiger partial charge in [-0.2, -0.15) is 5.26 Å². The third kappa shape index (κ3) is 2.86. The van der Waals surface area contributed by atoms with Gasteiger partial charge in [0.15, 0.2) is 5.69 Å². The molecule has 0 atom stereocenters. The minimum absolute atomic E-state index is 0.149. The molecule has 1 aliphatic heterocycles. The van der Waals surface area contributed by atoms with Gasteiger partial charge in [0, 0.05) is 12.5 Å². The summed E-state index contributed by atoms with van der Waals surface area (Å²) in [6, 6.07) is 13.5. The molecule has 0 spiro atoms. The first-order chi connectivity index (χ1) is 14.7. The normalized spacial score (nSPS) is 11.6. The minimum atomic E-state index is -0.331. The Morgan fingerprint density at radius 3 is 2.67 bits per heavy atom. The Balaban J connectivity index is 1.60. The number of imidazole rings is 1. The maximum Gasteiger partial charge on any atom is 0.162 e. The summed E-state index contributed by atoms with van der Waals surface area (Å²) in [5.41, 5.74) is 4.05. The average molecular weight is 402 g/mol. The van der Waals surface area contributed by atoms with Crippen LogP contribution >= 0.6 is 0 Å². The van der Waals surface area contributed by atoms with E-state index >= 15 is 0 Å². The van der Waals surface area contributed by atoms with E-state index < -0.39 is 0 Å². The molecule has 0 radical (unpaired) electrons. The molecule has 0 saturated carbocycles. The third-order valence-electron chi connectivity index (χ3n) is 5.01. The van der Waals surface area contributed by atoms with E-state index in [4.69, 9.17) is 9.47 Å². The van der Waals surface area contributed by atoms with Crippen molar-refractivity contribution in [2.75, 3.05) is 7.11 Å². The molecule has 2 aromatic carbocycles. The number of nitrogens with zero attached hydrogens (tertiary/aromatic N) is 6. The van der Waals surface area contributed by atoms with Crippen molar-refractivity contribution in [1.82, 2.24) is 24.5 Å². The lowest BCUT2D eigenvalue weighted by molar-refractivity contribution is 0.299. The van der Waals surface area contributed by atoms with Crippen molar-refractivity contribution < 1.29 is 13.9 Å². The highest BCUT2D eigenvalue weighted by molar-refractivity contribution is 5.59. The molecule has 2 aromatic heterocycles. The second kappa shape index (κ2) is 7.00. The molecule has 9 heteroatoms. The zero-order valence-electron chi connectivity index (χ0n) is 15.9. The molecule has 148 valence electrons. The summed E-state index contributed by atoms with van der Waals surface area (Å²) in [7, 11) is 1.60. The van der Waals surface area contributed by atoms with Gasteiger partial charge in [0.05, 0.1) is 29.9 Å². The van der Waals surface area contributed by atoms with Crippen molar-refractivity contribution in [3.05, 3.63) is 77.4 Å². The number of methoxy groups -OCH3 is 1. The summed E-state index contributed by atoms with van der Waals surface area (Å²) in [6.07, 6.45) is 2.03. The van der Waals surface area contributed by atoms with Gasteiger partial charge in [0.2, 0.25) is 0 Å². The van der Waals surface area contributed by atoms with E-state index in [1.54, 1.807) is 30.3 Å². The van der Waals surface area contributed by atoms with Crippen LogP contribution in [0.2, 0.25) is 0 Å². The van der Waals surface area contributed by atoms with E-state index in [1.165, 1.54) is 12.1 Å². The van der Waals surface area contributed by atoms with Gasteiger partial charge in [-0.05, 0) is 36.4 Å². The number of hydrogen-bond acceptors (Lipinski definition) is 6. The maximum atomic E-state index is 13.1. The number of aromatic nitrogens is 5. The van der Waals surface area contributed by atoms with Crippen molar-refractivity contribution in [3.63, 3.8) is 0 Å². The fourth-order valence-corrected chi connectivity index (χ4v) is 3.50. The largest absolute Gasteiger partial charge is 0.497 e. The highest BCUT2D eigenvalue weighted by atomic mass is 19.1. The molecule has 30 heavy (non-hydrogen) atoms. The van der Waals surface area contributed by atoms with E-state index in [2.05, 4.69) is 21.4 Å². The molecule has 0 saturated heterocycles. The van der Waals surface area contributed by atoms with E-state index in [-0.39, 0.29) is 12.4 Å². The topological polar surface area (TPSA) is 90.8 Å². The van der Waals surface area contributed by atoms with Crippen molar-refractivity contribution in [2.24, 2.45) is 0 Å². The molecule has 8 nitrogen and oxygen atoms in total. The SMILES string of the molecule is COc1ccc2c(c1)-n1nnc(COc3ccc(F)cc3)c1Cc1c(C#N)ncn1-2. The second-order valence-electron chi connectivity index (χ2n) is 6.69. The fourth-order valence-electron chi connectivity index (χ4n) is 3.50. The van der Waals surface area contributed by atoms with Crippen LogP contribution in [0, 0.1) is 17.1 Å². The molecule has 0 unspecified atom stereocenters. The van der Waals surface area contributed by atoms with Crippen LogP contribution in [0.15, 0.2) is 48.8 Å². The van der Waals surface area contributed by atoms with Crippen LogP contribution < -0.4 is 9.47 Å². The molecule has 0 N–H and O–H groups in total. The van der Waals surface area contributed by atoms with Crippen molar-refractivity contribution >= 4 is 0 Å². The number of benzene rings is 2. The lowest BCUT2D eigenvalue weighted by Crippen LogP contribution is -2.05. The highest BCUT2D eigenvalue weighted by Gasteiger charge is 2.26. The molecule has 5 rings (SSSR count). The van der Waals surface area contributed by atoms with Gasteiger partial charge in [-0.25, -0.2) is 14.1 Å². The van der Waals surface area contributed by atoms with Crippen LogP contribution in [0.3, 0.4) is 0 Å². The predicted octanol–water partition coefficient (Wildman–Crippen LogP) is 2.96. The first kappa shape index (κ1) is 17.9. The van der Waals surface area contributed by atoms with Crippen LogP contribution in [0.25, 0.3) is 11.4 Å². The Morgan fingerprint density at radius 1 is 1.10 bits per heavy atom. The molecule has 4 aromatic rings. The van der Waals surface area contributed by atoms with Crippen LogP contribution in [0.5, 0.6) is 11.5 Å². The van der Waals surface area contributed by atoms with Crippen LogP contribution in [-0.2, 0) is 13.0 Å². The quantitative estimate of drug-likeness (QED) is 0.459. The van der Waals surface area contributed by atoms with Gasteiger partial charge in [-0.1, -0.05) is 5.21 Å². The molecule has 0 amide bonds. The lowest BCUT2D eigenvalue weighted by atomic mass is 10.1. The highest BCUT2D eigenvalue weighted by Crippen LogP contribution is 2.32. The van der Waals surface area contributed by atoms with Gasteiger partial charge in [0.25, 0.3) is 0 Å². The summed E-state index contributed by atoms with van der Waals surface area (Å²) >= 11 is 0. The van der Waals surface area contributed by atoms with Crippen molar-refractivity contribution in [3.8, 4) is 28.9 Å². The van der Waals surface area contributed by atoms with Gasteiger partial charge in [-0.3, -0.25) is 4.57 Å². The molecular formula is C21H15FN6O2. The van der Waals surface area contributed by atoms with E-state index in [0.717, 1.165) is 22.8 Å². The van der Waals surface area contributed by atoms with Gasteiger partial charge in [0.1, 0.15) is 42.0 Å². The molecule has 3 heterocycles. The lowest BCUT2D eigenvalue weighted by Gasteiger charge is -2.11. The number of halogens is 1. The molecule has 0 bridgehead atoms. The summed E-state index contributed by atoms with van der Waals surface area (Å²) in [6.45, 7) is 0.149. The van der Waals surface area contributed by atoms with Gasteiger partial charge in [-0.15, -0.1) is 5.10 Å². The molecule has 0 aliphatic carbocycles. The number of hydrogen-bond donors (Lipinski definition) is 0. The first-order valence-electron chi connectivity index (χ1n) is 9.15. The number of nitriles is 1. The zero-order valence-corrected chi connectivity index (χ0v) is 15.9. The fraction of sp³-hybridized carbons (Fsp3) is 0.143. The smallest absolute Gasteiger partial charge is 0.162 e. The first-order valence-corrected chi connectivity index (χ1v) is 9.15. The summed E-state index contributed by atoms with van der Waals surface area (Å²) in [5, 5.41) is 18.1. The minimum Gasteiger partial charge on any atom is -0.497 e. The van der Waals surface area contributed by atoms with Crippen LogP contribution in [0.4, 0.5) is 4.39 Å². The molecular weight excluding hydrogens is 387 g/mol. The third-order valence-corrected chi connectivity index (χ3v) is 5.01. The molecule has 1 aliphatic rings. The summed E-state index contributed by atoms with van der Waals surface area (Å²) in [4.78, 5) is 4.24. The van der Waals surface area contributed by atoms with Crippen LogP contribution in [0.1, 0.15) is 22.8 Å². The molecule has 0 fully saturated rings. The van der Waals surface area contributed by atoms with Gasteiger partial charge < -0.3 is 9.47 Å². The predicted molar refractivity (Wildman–Crippen MR) is 103 cm³/mol. The van der Waals surface area contributed by atoms with E-state index in [9.17, 15) is 9.65 Å². The van der Waals surface area contributed by atoms with Crippen LogP contribution in [-0.4, -0.2) is 31.7 Å². The maximum absolute atomic E-state index is 13.1. The number of ether oxygens (including phenoxy) is 2. The van der Waals surface area contributed by atoms with Gasteiger partial charge >= 0.3 is 0 Å².